The molecule has 0 amide bonds. The number of imidazole rings is 1. The van der Waals surface area contributed by atoms with E-state index in [1.165, 1.54) is 23.1 Å². The Kier molecular flexibility index (Phi) is 5.24. The van der Waals surface area contributed by atoms with Crippen LogP contribution in [0.1, 0.15) is 38.2 Å². The van der Waals surface area contributed by atoms with Gasteiger partial charge in [0.25, 0.3) is 0 Å². The maximum atomic E-state index is 13.0. The number of sulfonamides is 1. The van der Waals surface area contributed by atoms with Crippen LogP contribution in [-0.2, 0) is 29.3 Å². The monoisotopic (exact) mass is 415 g/mol. The number of fused-ring (bicyclic) bond motifs is 1. The zero-order valence-electron chi connectivity index (χ0n) is 15.5. The highest BCUT2D eigenvalue weighted by Crippen LogP contribution is 2.32. The molecule has 0 fully saturated rings. The van der Waals surface area contributed by atoms with Gasteiger partial charge in [0.2, 0.25) is 10.0 Å². The van der Waals surface area contributed by atoms with E-state index in [1.54, 1.807) is 18.4 Å². The predicted molar refractivity (Wildman–Crippen MR) is 97.0 cm³/mol. The second-order valence-electron chi connectivity index (χ2n) is 6.29. The summed E-state index contributed by atoms with van der Waals surface area (Å²) in [6.45, 7) is 6.06. The van der Waals surface area contributed by atoms with E-state index in [4.69, 9.17) is 0 Å². The molecule has 0 saturated carbocycles. The number of nitrogens with zero attached hydrogens (tertiary/aromatic N) is 4. The summed E-state index contributed by atoms with van der Waals surface area (Å²) in [6, 6.07) is 2.53. The number of aryl methyl sites for hydroxylation is 2. The van der Waals surface area contributed by atoms with Crippen LogP contribution in [0.3, 0.4) is 0 Å². The minimum absolute atomic E-state index is 0.0136. The number of rotatable bonds is 6. The lowest BCUT2D eigenvalue weighted by molar-refractivity contribution is -0.137. The van der Waals surface area contributed by atoms with Crippen LogP contribution >= 0.6 is 0 Å². The van der Waals surface area contributed by atoms with Gasteiger partial charge in [-0.15, -0.1) is 0 Å². The SMILES string of the molecule is CCn1cc(S(=O)(=O)N[C@H](C)c2nc3ccc(C(F)(F)F)cc3n2CC)cn1. The summed E-state index contributed by atoms with van der Waals surface area (Å²) in [5, 5.41) is 3.95. The van der Waals surface area contributed by atoms with Gasteiger partial charge >= 0.3 is 6.18 Å². The van der Waals surface area contributed by atoms with E-state index in [0.29, 0.717) is 29.9 Å². The Bertz CT molecular complexity index is 1100. The first-order valence-electron chi connectivity index (χ1n) is 8.69. The average molecular weight is 415 g/mol. The fourth-order valence-corrected chi connectivity index (χ4v) is 4.14. The Balaban J connectivity index is 1.98. The third-order valence-electron chi connectivity index (χ3n) is 4.38. The summed E-state index contributed by atoms with van der Waals surface area (Å²) in [7, 11) is -3.86. The van der Waals surface area contributed by atoms with Gasteiger partial charge in [0.15, 0.2) is 0 Å². The summed E-state index contributed by atoms with van der Waals surface area (Å²) in [5.74, 6) is 0.336. The van der Waals surface area contributed by atoms with E-state index in [2.05, 4.69) is 14.8 Å². The molecule has 0 aliphatic carbocycles. The first kappa shape index (κ1) is 20.3. The van der Waals surface area contributed by atoms with Crippen LogP contribution < -0.4 is 4.72 Å². The van der Waals surface area contributed by atoms with Gasteiger partial charge in [-0.1, -0.05) is 0 Å². The molecule has 2 heterocycles. The Morgan fingerprint density at radius 3 is 2.50 bits per heavy atom. The minimum Gasteiger partial charge on any atom is -0.327 e. The first-order valence-corrected chi connectivity index (χ1v) is 10.2. The second-order valence-corrected chi connectivity index (χ2v) is 8.00. The maximum absolute atomic E-state index is 13.0. The summed E-state index contributed by atoms with van der Waals surface area (Å²) in [5.41, 5.74) is -0.103. The number of alkyl halides is 3. The van der Waals surface area contributed by atoms with E-state index in [0.717, 1.165) is 12.1 Å². The average Bonchev–Trinajstić information content (AvgIpc) is 3.24. The minimum atomic E-state index is -4.47. The van der Waals surface area contributed by atoms with Gasteiger partial charge in [-0.05, 0) is 39.0 Å². The summed E-state index contributed by atoms with van der Waals surface area (Å²) in [4.78, 5) is 4.37. The van der Waals surface area contributed by atoms with Crippen LogP contribution in [0.2, 0.25) is 0 Å². The van der Waals surface area contributed by atoms with E-state index in [-0.39, 0.29) is 4.90 Å². The van der Waals surface area contributed by atoms with Gasteiger partial charge in [-0.3, -0.25) is 4.68 Å². The predicted octanol–water partition coefficient (Wildman–Crippen LogP) is 3.33. The summed E-state index contributed by atoms with van der Waals surface area (Å²) < 4.78 is 69.9. The summed E-state index contributed by atoms with van der Waals surface area (Å²) in [6.07, 6.45) is -1.81. The molecule has 1 atom stereocenters. The topological polar surface area (TPSA) is 81.8 Å². The number of aromatic nitrogens is 4. The fraction of sp³-hybridized carbons (Fsp3) is 0.412. The standard InChI is InChI=1S/C17H20F3N5O2S/c1-4-24-10-13(9-21-24)28(26,27)23-11(3)16-22-14-7-6-12(17(18,19)20)8-15(14)25(16)5-2/h6-11,23H,4-5H2,1-3H3/t11-/m1/s1. The van der Waals surface area contributed by atoms with Gasteiger partial charge in [-0.2, -0.15) is 18.3 Å². The van der Waals surface area contributed by atoms with Crippen molar-refractivity contribution in [2.75, 3.05) is 0 Å². The van der Waals surface area contributed by atoms with Crippen molar-refractivity contribution >= 4 is 21.1 Å². The molecule has 7 nitrogen and oxygen atoms in total. The maximum Gasteiger partial charge on any atom is 0.416 e. The molecule has 152 valence electrons. The third-order valence-corrected chi connectivity index (χ3v) is 5.88. The molecule has 0 aliphatic rings. The quantitative estimate of drug-likeness (QED) is 0.670. The van der Waals surface area contributed by atoms with Gasteiger partial charge in [0, 0.05) is 19.3 Å². The Morgan fingerprint density at radius 1 is 1.21 bits per heavy atom. The highest BCUT2D eigenvalue weighted by Gasteiger charge is 2.31. The van der Waals surface area contributed by atoms with Crippen LogP contribution in [0, 0.1) is 0 Å². The lowest BCUT2D eigenvalue weighted by atomic mass is 10.2. The van der Waals surface area contributed by atoms with Crippen molar-refractivity contribution in [2.24, 2.45) is 0 Å². The van der Waals surface area contributed by atoms with E-state index in [9.17, 15) is 21.6 Å². The highest BCUT2D eigenvalue weighted by atomic mass is 32.2. The van der Waals surface area contributed by atoms with Gasteiger partial charge in [0.05, 0.1) is 28.8 Å². The van der Waals surface area contributed by atoms with Crippen molar-refractivity contribution in [2.45, 2.75) is 51.0 Å². The number of hydrogen-bond acceptors (Lipinski definition) is 4. The van der Waals surface area contributed by atoms with Crippen LogP contribution in [0.4, 0.5) is 13.2 Å². The van der Waals surface area contributed by atoms with Crippen molar-refractivity contribution in [3.05, 3.63) is 42.0 Å². The molecule has 1 N–H and O–H groups in total. The molecule has 11 heteroatoms. The van der Waals surface area contributed by atoms with Crippen molar-refractivity contribution in [1.82, 2.24) is 24.1 Å². The van der Waals surface area contributed by atoms with E-state index in [1.807, 2.05) is 6.92 Å². The van der Waals surface area contributed by atoms with Crippen molar-refractivity contribution in [3.63, 3.8) is 0 Å². The Morgan fingerprint density at radius 2 is 1.93 bits per heavy atom. The van der Waals surface area contributed by atoms with Gasteiger partial charge in [-0.25, -0.2) is 18.1 Å². The van der Waals surface area contributed by atoms with Gasteiger partial charge < -0.3 is 4.57 Å². The molecule has 3 aromatic rings. The van der Waals surface area contributed by atoms with Gasteiger partial charge in [0.1, 0.15) is 10.7 Å². The molecule has 1 aromatic carbocycles. The van der Waals surface area contributed by atoms with Crippen LogP contribution in [-0.4, -0.2) is 27.7 Å². The number of halogens is 3. The van der Waals surface area contributed by atoms with Crippen LogP contribution in [0.25, 0.3) is 11.0 Å². The van der Waals surface area contributed by atoms with Crippen molar-refractivity contribution in [1.29, 1.82) is 0 Å². The lowest BCUT2D eigenvalue weighted by Gasteiger charge is -2.15. The Labute approximate surface area is 160 Å². The normalized spacial score (nSPS) is 13.9. The highest BCUT2D eigenvalue weighted by molar-refractivity contribution is 7.89. The molecule has 0 aliphatic heterocycles. The second kappa shape index (κ2) is 7.21. The molecule has 0 saturated heterocycles. The number of hydrogen-bond donors (Lipinski definition) is 1. The molecular weight excluding hydrogens is 395 g/mol. The van der Waals surface area contributed by atoms with Crippen LogP contribution in [0.15, 0.2) is 35.5 Å². The van der Waals surface area contributed by atoms with Crippen molar-refractivity contribution in [3.8, 4) is 0 Å². The first-order chi connectivity index (χ1) is 13.1. The smallest absolute Gasteiger partial charge is 0.327 e. The largest absolute Gasteiger partial charge is 0.416 e. The Hall–Kier alpha value is -2.40. The third kappa shape index (κ3) is 3.76. The van der Waals surface area contributed by atoms with Crippen LogP contribution in [0.5, 0.6) is 0 Å². The molecular formula is C17H20F3N5O2S. The zero-order valence-corrected chi connectivity index (χ0v) is 16.3. The fourth-order valence-electron chi connectivity index (χ4n) is 2.99. The molecule has 0 unspecified atom stereocenters. The van der Waals surface area contributed by atoms with Crippen molar-refractivity contribution < 1.29 is 21.6 Å². The number of benzene rings is 1. The molecule has 0 radical (unpaired) electrons. The molecule has 3 rings (SSSR count). The molecule has 0 spiro atoms. The molecule has 28 heavy (non-hydrogen) atoms. The lowest BCUT2D eigenvalue weighted by Crippen LogP contribution is -2.28. The molecule has 2 aromatic heterocycles. The molecule has 0 bridgehead atoms. The van der Waals surface area contributed by atoms with E-state index < -0.39 is 27.8 Å². The number of nitrogens with one attached hydrogen (secondary N) is 1. The summed E-state index contributed by atoms with van der Waals surface area (Å²) >= 11 is 0. The zero-order chi connectivity index (χ0) is 20.7. The van der Waals surface area contributed by atoms with E-state index >= 15 is 0 Å².